The van der Waals surface area contributed by atoms with E-state index in [0.29, 0.717) is 28.5 Å². The van der Waals surface area contributed by atoms with Crippen LogP contribution >= 0.6 is 11.6 Å². The summed E-state index contributed by atoms with van der Waals surface area (Å²) in [6, 6.07) is 4.42. The highest BCUT2D eigenvalue weighted by Gasteiger charge is 2.29. The van der Waals surface area contributed by atoms with Crippen LogP contribution in [0.3, 0.4) is 0 Å². The summed E-state index contributed by atoms with van der Waals surface area (Å²) >= 11 is 6.32. The zero-order valence-electron chi connectivity index (χ0n) is 12.5. The number of ether oxygens (including phenoxy) is 2. The molecule has 0 amide bonds. The molecule has 1 unspecified atom stereocenters. The van der Waals surface area contributed by atoms with E-state index in [0.717, 1.165) is 13.0 Å². The molecule has 0 heterocycles. The van der Waals surface area contributed by atoms with Crippen LogP contribution in [0.4, 0.5) is 0 Å². The second-order valence-electron chi connectivity index (χ2n) is 5.36. The van der Waals surface area contributed by atoms with Crippen molar-refractivity contribution in [1.82, 2.24) is 5.32 Å². The van der Waals surface area contributed by atoms with Gasteiger partial charge in [-0.1, -0.05) is 24.9 Å². The number of rotatable bonds is 7. The lowest BCUT2D eigenvalue weighted by atomic mass is 9.77. The SMILES string of the molecule is CCCNC(c1cc(Cl)c(OC)c(OC)c1)C1CCC1. The third-order valence-electron chi connectivity index (χ3n) is 4.05. The number of benzene rings is 1. The fraction of sp³-hybridized carbons (Fsp3) is 0.625. The highest BCUT2D eigenvalue weighted by atomic mass is 35.5. The normalized spacial score (nSPS) is 16.6. The van der Waals surface area contributed by atoms with Crippen LogP contribution in [-0.2, 0) is 0 Å². The lowest BCUT2D eigenvalue weighted by Gasteiger charge is -2.35. The first-order valence-electron chi connectivity index (χ1n) is 7.36. The second kappa shape index (κ2) is 7.19. The van der Waals surface area contributed by atoms with Crippen molar-refractivity contribution in [2.24, 2.45) is 5.92 Å². The van der Waals surface area contributed by atoms with Gasteiger partial charge in [-0.05, 0) is 49.4 Å². The Hall–Kier alpha value is -0.930. The molecule has 0 saturated heterocycles. The van der Waals surface area contributed by atoms with Gasteiger partial charge in [-0.25, -0.2) is 0 Å². The second-order valence-corrected chi connectivity index (χ2v) is 5.77. The maximum absolute atomic E-state index is 6.32. The van der Waals surface area contributed by atoms with Crippen LogP contribution in [0.25, 0.3) is 0 Å². The number of methoxy groups -OCH3 is 2. The molecule has 1 aliphatic carbocycles. The van der Waals surface area contributed by atoms with Crippen molar-refractivity contribution in [2.45, 2.75) is 38.6 Å². The van der Waals surface area contributed by atoms with E-state index in [-0.39, 0.29) is 0 Å². The predicted octanol–water partition coefficient (Wildman–Crippen LogP) is 4.20. The number of halogens is 1. The Bertz CT molecular complexity index is 446. The monoisotopic (exact) mass is 297 g/mol. The molecule has 1 atom stereocenters. The van der Waals surface area contributed by atoms with Crippen molar-refractivity contribution in [3.8, 4) is 11.5 Å². The molecule has 3 nitrogen and oxygen atoms in total. The Morgan fingerprint density at radius 2 is 2.05 bits per heavy atom. The maximum Gasteiger partial charge on any atom is 0.179 e. The molecule has 0 aromatic heterocycles. The summed E-state index contributed by atoms with van der Waals surface area (Å²) in [5.74, 6) is 2.02. The molecule has 0 spiro atoms. The molecule has 2 rings (SSSR count). The Labute approximate surface area is 126 Å². The summed E-state index contributed by atoms with van der Waals surface area (Å²) in [7, 11) is 3.26. The van der Waals surface area contributed by atoms with E-state index in [1.807, 2.05) is 6.07 Å². The number of hydrogen-bond acceptors (Lipinski definition) is 3. The van der Waals surface area contributed by atoms with Gasteiger partial charge in [-0.3, -0.25) is 0 Å². The molecule has 1 aromatic carbocycles. The minimum atomic E-state index is 0.362. The molecular weight excluding hydrogens is 274 g/mol. The van der Waals surface area contributed by atoms with Gasteiger partial charge in [0.05, 0.1) is 19.2 Å². The van der Waals surface area contributed by atoms with Crippen LogP contribution in [0.2, 0.25) is 5.02 Å². The van der Waals surface area contributed by atoms with Crippen molar-refractivity contribution in [3.63, 3.8) is 0 Å². The van der Waals surface area contributed by atoms with E-state index in [4.69, 9.17) is 21.1 Å². The summed E-state index contributed by atoms with van der Waals surface area (Å²) in [6.45, 7) is 3.21. The smallest absolute Gasteiger partial charge is 0.179 e. The largest absolute Gasteiger partial charge is 0.493 e. The molecule has 112 valence electrons. The van der Waals surface area contributed by atoms with Gasteiger partial charge >= 0.3 is 0 Å². The van der Waals surface area contributed by atoms with Gasteiger partial charge in [-0.15, -0.1) is 0 Å². The van der Waals surface area contributed by atoms with E-state index in [9.17, 15) is 0 Å². The van der Waals surface area contributed by atoms with Gasteiger partial charge in [0.25, 0.3) is 0 Å². The molecule has 0 bridgehead atoms. The molecule has 20 heavy (non-hydrogen) atoms. The molecule has 1 N–H and O–H groups in total. The maximum atomic E-state index is 6.32. The molecule has 4 heteroatoms. The van der Waals surface area contributed by atoms with Crippen molar-refractivity contribution in [1.29, 1.82) is 0 Å². The van der Waals surface area contributed by atoms with Crippen LogP contribution < -0.4 is 14.8 Å². The summed E-state index contributed by atoms with van der Waals surface area (Å²) in [6.07, 6.45) is 5.03. The summed E-state index contributed by atoms with van der Waals surface area (Å²) in [4.78, 5) is 0. The van der Waals surface area contributed by atoms with Crippen molar-refractivity contribution < 1.29 is 9.47 Å². The Morgan fingerprint density at radius 3 is 2.55 bits per heavy atom. The molecule has 1 saturated carbocycles. The van der Waals surface area contributed by atoms with Gasteiger partial charge < -0.3 is 14.8 Å². The Morgan fingerprint density at radius 1 is 1.30 bits per heavy atom. The molecule has 1 aliphatic rings. The number of nitrogens with one attached hydrogen (secondary N) is 1. The fourth-order valence-electron chi connectivity index (χ4n) is 2.75. The van der Waals surface area contributed by atoms with Crippen LogP contribution in [-0.4, -0.2) is 20.8 Å². The first-order chi connectivity index (χ1) is 9.71. The average molecular weight is 298 g/mol. The molecule has 0 aliphatic heterocycles. The topological polar surface area (TPSA) is 30.5 Å². The molecule has 1 fully saturated rings. The van der Waals surface area contributed by atoms with Crippen LogP contribution in [0.5, 0.6) is 11.5 Å². The van der Waals surface area contributed by atoms with Crippen LogP contribution in [0.15, 0.2) is 12.1 Å². The summed E-state index contributed by atoms with van der Waals surface area (Å²) in [5, 5.41) is 4.26. The quantitative estimate of drug-likeness (QED) is 0.818. The van der Waals surface area contributed by atoms with E-state index in [1.54, 1.807) is 14.2 Å². The van der Waals surface area contributed by atoms with E-state index in [2.05, 4.69) is 18.3 Å². The molecule has 1 aromatic rings. The highest BCUT2D eigenvalue weighted by molar-refractivity contribution is 6.32. The third-order valence-corrected chi connectivity index (χ3v) is 4.33. The molecular formula is C16H24ClNO2. The van der Waals surface area contributed by atoms with Gasteiger partial charge in [0.15, 0.2) is 11.5 Å². The van der Waals surface area contributed by atoms with Gasteiger partial charge in [0.1, 0.15) is 0 Å². The van der Waals surface area contributed by atoms with Crippen molar-refractivity contribution >= 4 is 11.6 Å². The summed E-state index contributed by atoms with van der Waals surface area (Å²) < 4.78 is 10.7. The van der Waals surface area contributed by atoms with Crippen molar-refractivity contribution in [2.75, 3.05) is 20.8 Å². The van der Waals surface area contributed by atoms with E-state index in [1.165, 1.54) is 24.8 Å². The van der Waals surface area contributed by atoms with Gasteiger partial charge in [0.2, 0.25) is 0 Å². The first kappa shape index (κ1) is 15.5. The zero-order valence-corrected chi connectivity index (χ0v) is 13.3. The standard InChI is InChI=1S/C16H24ClNO2/c1-4-8-18-15(11-6-5-7-11)12-9-13(17)16(20-3)14(10-12)19-2/h9-11,15,18H,4-8H2,1-3H3. The summed E-state index contributed by atoms with van der Waals surface area (Å²) in [5.41, 5.74) is 1.20. The van der Waals surface area contributed by atoms with Gasteiger partial charge in [-0.2, -0.15) is 0 Å². The lowest BCUT2D eigenvalue weighted by molar-refractivity contribution is 0.230. The molecule has 0 radical (unpaired) electrons. The average Bonchev–Trinajstić information content (AvgIpc) is 2.40. The predicted molar refractivity (Wildman–Crippen MR) is 82.9 cm³/mol. The number of hydrogen-bond donors (Lipinski definition) is 1. The zero-order chi connectivity index (χ0) is 14.5. The van der Waals surface area contributed by atoms with Gasteiger partial charge in [0, 0.05) is 6.04 Å². The van der Waals surface area contributed by atoms with E-state index >= 15 is 0 Å². The highest BCUT2D eigenvalue weighted by Crippen LogP contribution is 2.42. The third kappa shape index (κ3) is 3.21. The van der Waals surface area contributed by atoms with E-state index < -0.39 is 0 Å². The minimum Gasteiger partial charge on any atom is -0.493 e. The van der Waals surface area contributed by atoms with Crippen LogP contribution in [0.1, 0.15) is 44.2 Å². The fourth-order valence-corrected chi connectivity index (χ4v) is 3.04. The van der Waals surface area contributed by atoms with Crippen LogP contribution in [0, 0.1) is 5.92 Å². The lowest BCUT2D eigenvalue weighted by Crippen LogP contribution is -2.32. The Balaban J connectivity index is 2.29. The van der Waals surface area contributed by atoms with Crippen molar-refractivity contribution in [3.05, 3.63) is 22.7 Å². The minimum absolute atomic E-state index is 0.362. The Kier molecular flexibility index (Phi) is 5.55. The first-order valence-corrected chi connectivity index (χ1v) is 7.73.